The molecule has 0 aliphatic heterocycles. The molecule has 1 rings (SSSR count). The van der Waals surface area contributed by atoms with Crippen molar-refractivity contribution < 1.29 is 4.74 Å². The van der Waals surface area contributed by atoms with Crippen LogP contribution in [-0.2, 0) is 16.8 Å². The summed E-state index contributed by atoms with van der Waals surface area (Å²) in [4.78, 5) is 9.05. The standard InChI is InChI=1S/C11H18IN3O/c1-6-7-8(12)9(13-4)15-10(14-7)11(2,3)16-5/h6H2,1-5H3,(H,13,14,15). The van der Waals surface area contributed by atoms with Crippen molar-refractivity contribution >= 4 is 28.4 Å². The molecule has 16 heavy (non-hydrogen) atoms. The minimum atomic E-state index is -0.458. The van der Waals surface area contributed by atoms with Crippen LogP contribution < -0.4 is 5.32 Å². The molecule has 0 fully saturated rings. The van der Waals surface area contributed by atoms with E-state index in [1.807, 2.05) is 20.9 Å². The second-order valence-corrected chi connectivity index (χ2v) is 5.05. The van der Waals surface area contributed by atoms with E-state index in [-0.39, 0.29) is 0 Å². The average molecular weight is 335 g/mol. The third kappa shape index (κ3) is 2.63. The Morgan fingerprint density at radius 1 is 1.38 bits per heavy atom. The van der Waals surface area contributed by atoms with Gasteiger partial charge in [-0.15, -0.1) is 0 Å². The van der Waals surface area contributed by atoms with E-state index >= 15 is 0 Å². The molecule has 0 amide bonds. The summed E-state index contributed by atoms with van der Waals surface area (Å²) in [5.41, 5.74) is 0.597. The second kappa shape index (κ2) is 5.27. The first-order chi connectivity index (χ1) is 7.46. The number of nitrogens with one attached hydrogen (secondary N) is 1. The number of ether oxygens (including phenoxy) is 1. The lowest BCUT2D eigenvalue weighted by molar-refractivity contribution is 0.0114. The molecule has 5 heteroatoms. The Bertz CT molecular complexity index is 354. The first-order valence-electron chi connectivity index (χ1n) is 5.26. The molecule has 0 aliphatic carbocycles. The zero-order chi connectivity index (χ0) is 12.3. The van der Waals surface area contributed by atoms with Crippen LogP contribution >= 0.6 is 22.6 Å². The highest BCUT2D eigenvalue weighted by Crippen LogP contribution is 2.26. The SMILES string of the molecule is CCc1nc(C(C)(C)OC)nc(NC)c1I. The van der Waals surface area contributed by atoms with E-state index in [9.17, 15) is 0 Å². The Kier molecular flexibility index (Phi) is 4.49. The number of anilines is 1. The van der Waals surface area contributed by atoms with E-state index in [0.29, 0.717) is 0 Å². The minimum Gasteiger partial charge on any atom is -0.372 e. The van der Waals surface area contributed by atoms with Crippen LogP contribution in [0.3, 0.4) is 0 Å². The predicted octanol–water partition coefficient (Wildman–Crippen LogP) is 2.57. The number of nitrogens with zero attached hydrogens (tertiary/aromatic N) is 2. The molecular formula is C11H18IN3O. The van der Waals surface area contributed by atoms with Gasteiger partial charge < -0.3 is 10.1 Å². The van der Waals surface area contributed by atoms with E-state index in [2.05, 4.69) is 44.8 Å². The summed E-state index contributed by atoms with van der Waals surface area (Å²) in [5.74, 6) is 1.59. The number of methoxy groups -OCH3 is 1. The molecule has 0 radical (unpaired) electrons. The van der Waals surface area contributed by atoms with Crippen LogP contribution in [0.2, 0.25) is 0 Å². The fraction of sp³-hybridized carbons (Fsp3) is 0.636. The molecule has 0 saturated heterocycles. The maximum Gasteiger partial charge on any atom is 0.162 e. The van der Waals surface area contributed by atoms with Gasteiger partial charge in [-0.1, -0.05) is 6.92 Å². The molecular weight excluding hydrogens is 317 g/mol. The quantitative estimate of drug-likeness (QED) is 0.859. The van der Waals surface area contributed by atoms with E-state index in [0.717, 1.165) is 27.3 Å². The number of halogens is 1. The fourth-order valence-electron chi connectivity index (χ4n) is 1.25. The Morgan fingerprint density at radius 3 is 2.44 bits per heavy atom. The van der Waals surface area contributed by atoms with Gasteiger partial charge in [-0.25, -0.2) is 9.97 Å². The van der Waals surface area contributed by atoms with E-state index in [1.54, 1.807) is 7.11 Å². The molecule has 1 aromatic rings. The topological polar surface area (TPSA) is 47.0 Å². The van der Waals surface area contributed by atoms with Crippen molar-refractivity contribution in [1.82, 2.24) is 9.97 Å². The molecule has 1 N–H and O–H groups in total. The van der Waals surface area contributed by atoms with Gasteiger partial charge in [0.2, 0.25) is 0 Å². The van der Waals surface area contributed by atoms with Crippen LogP contribution in [0.5, 0.6) is 0 Å². The van der Waals surface area contributed by atoms with Gasteiger partial charge in [0, 0.05) is 14.2 Å². The monoisotopic (exact) mass is 335 g/mol. The summed E-state index contributed by atoms with van der Waals surface area (Å²) in [5, 5.41) is 3.09. The Balaban J connectivity index is 3.32. The van der Waals surface area contributed by atoms with Gasteiger partial charge in [0.25, 0.3) is 0 Å². The summed E-state index contributed by atoms with van der Waals surface area (Å²) in [7, 11) is 3.54. The van der Waals surface area contributed by atoms with Gasteiger partial charge in [0.15, 0.2) is 5.82 Å². The van der Waals surface area contributed by atoms with Crippen LogP contribution in [0.25, 0.3) is 0 Å². The van der Waals surface area contributed by atoms with E-state index in [1.165, 1.54) is 0 Å². The van der Waals surface area contributed by atoms with Gasteiger partial charge >= 0.3 is 0 Å². The molecule has 0 saturated carbocycles. The van der Waals surface area contributed by atoms with Crippen LogP contribution in [0.4, 0.5) is 5.82 Å². The highest BCUT2D eigenvalue weighted by atomic mass is 127. The second-order valence-electron chi connectivity index (χ2n) is 3.97. The van der Waals surface area contributed by atoms with Crippen LogP contribution in [-0.4, -0.2) is 24.1 Å². The van der Waals surface area contributed by atoms with Crippen LogP contribution in [0.15, 0.2) is 0 Å². The smallest absolute Gasteiger partial charge is 0.162 e. The molecule has 0 bridgehead atoms. The first-order valence-corrected chi connectivity index (χ1v) is 6.34. The average Bonchev–Trinajstić information content (AvgIpc) is 2.29. The Morgan fingerprint density at radius 2 is 2.00 bits per heavy atom. The van der Waals surface area contributed by atoms with Crippen molar-refractivity contribution in [1.29, 1.82) is 0 Å². The van der Waals surface area contributed by atoms with Crippen molar-refractivity contribution in [2.75, 3.05) is 19.5 Å². The van der Waals surface area contributed by atoms with Crippen LogP contribution in [0, 0.1) is 3.57 Å². The van der Waals surface area contributed by atoms with Crippen molar-refractivity contribution in [2.45, 2.75) is 32.8 Å². The zero-order valence-electron chi connectivity index (χ0n) is 10.4. The molecule has 90 valence electrons. The van der Waals surface area contributed by atoms with Crippen molar-refractivity contribution in [3.63, 3.8) is 0 Å². The van der Waals surface area contributed by atoms with Gasteiger partial charge in [-0.05, 0) is 42.9 Å². The normalized spacial score (nSPS) is 11.6. The number of hydrogen-bond acceptors (Lipinski definition) is 4. The van der Waals surface area contributed by atoms with Gasteiger partial charge in [-0.3, -0.25) is 0 Å². The number of aromatic nitrogens is 2. The molecule has 0 spiro atoms. The fourth-order valence-corrected chi connectivity index (χ4v) is 2.15. The lowest BCUT2D eigenvalue weighted by Gasteiger charge is -2.22. The largest absolute Gasteiger partial charge is 0.372 e. The zero-order valence-corrected chi connectivity index (χ0v) is 12.5. The minimum absolute atomic E-state index is 0.458. The van der Waals surface area contributed by atoms with Crippen LogP contribution in [0.1, 0.15) is 32.3 Å². The van der Waals surface area contributed by atoms with Crippen molar-refractivity contribution in [2.24, 2.45) is 0 Å². The van der Waals surface area contributed by atoms with E-state index in [4.69, 9.17) is 4.74 Å². The Labute approximate surface area is 110 Å². The summed E-state index contributed by atoms with van der Waals surface area (Å²) < 4.78 is 6.49. The highest BCUT2D eigenvalue weighted by Gasteiger charge is 2.25. The summed E-state index contributed by atoms with van der Waals surface area (Å²) in [6.07, 6.45) is 0.891. The molecule has 1 aromatic heterocycles. The number of rotatable bonds is 4. The van der Waals surface area contributed by atoms with Crippen molar-refractivity contribution in [3.05, 3.63) is 15.1 Å². The van der Waals surface area contributed by atoms with Gasteiger partial charge in [-0.2, -0.15) is 0 Å². The molecule has 1 heterocycles. The maximum absolute atomic E-state index is 5.41. The lowest BCUT2D eigenvalue weighted by Crippen LogP contribution is -2.24. The maximum atomic E-state index is 5.41. The highest BCUT2D eigenvalue weighted by molar-refractivity contribution is 14.1. The van der Waals surface area contributed by atoms with Gasteiger partial charge in [0.1, 0.15) is 11.4 Å². The summed E-state index contributed by atoms with van der Waals surface area (Å²) >= 11 is 2.27. The molecule has 4 nitrogen and oxygen atoms in total. The third-order valence-corrected chi connectivity index (χ3v) is 3.67. The number of hydrogen-bond donors (Lipinski definition) is 1. The lowest BCUT2D eigenvalue weighted by atomic mass is 10.1. The number of aryl methyl sites for hydroxylation is 1. The molecule has 0 atom stereocenters. The van der Waals surface area contributed by atoms with Gasteiger partial charge in [0.05, 0.1) is 9.26 Å². The predicted molar refractivity (Wildman–Crippen MR) is 73.7 cm³/mol. The summed E-state index contributed by atoms with van der Waals surface area (Å²) in [6, 6.07) is 0. The molecule has 0 unspecified atom stereocenters. The first kappa shape index (κ1) is 13.6. The summed E-state index contributed by atoms with van der Waals surface area (Å²) in [6.45, 7) is 6.02. The molecule has 0 aliphatic rings. The third-order valence-electron chi connectivity index (χ3n) is 2.54. The van der Waals surface area contributed by atoms with Crippen molar-refractivity contribution in [3.8, 4) is 0 Å². The Hall–Kier alpha value is -0.430. The molecule has 0 aromatic carbocycles. The van der Waals surface area contributed by atoms with E-state index < -0.39 is 5.60 Å².